The van der Waals surface area contributed by atoms with Crippen molar-refractivity contribution in [3.63, 3.8) is 0 Å². The van der Waals surface area contributed by atoms with Gasteiger partial charge < -0.3 is 9.15 Å². The fourth-order valence-electron chi connectivity index (χ4n) is 6.04. The lowest BCUT2D eigenvalue weighted by molar-refractivity contribution is -0.133. The van der Waals surface area contributed by atoms with Crippen LogP contribution in [0.4, 0.5) is 0 Å². The third kappa shape index (κ3) is 4.37. The summed E-state index contributed by atoms with van der Waals surface area (Å²) in [5, 5.41) is 4.17. The average Bonchev–Trinajstić information content (AvgIpc) is 2.99. The molecule has 0 atom stereocenters. The zero-order chi connectivity index (χ0) is 30.9. The SMILES string of the molecule is Cc1cccc(OC(=O)Cc2ccc(-n3c(=O)c4ccc5oc6ccc(C(C)(C)C)cc6c6ccc(c3=O)c4c56)cc2)c1C. The molecular formula is C38H31NO5. The molecule has 5 aromatic carbocycles. The number of ether oxygens (including phenoxy) is 1. The van der Waals surface area contributed by atoms with Crippen LogP contribution in [0.1, 0.15) is 43.0 Å². The summed E-state index contributed by atoms with van der Waals surface area (Å²) in [6, 6.07) is 26.0. The first kappa shape index (κ1) is 27.6. The third-order valence-electron chi connectivity index (χ3n) is 8.67. The van der Waals surface area contributed by atoms with Crippen molar-refractivity contribution in [2.24, 2.45) is 0 Å². The number of fused-ring (bicyclic) bond motifs is 2. The fourth-order valence-corrected chi connectivity index (χ4v) is 6.04. The van der Waals surface area contributed by atoms with Gasteiger partial charge in [-0.3, -0.25) is 14.4 Å². The molecule has 0 amide bonds. The van der Waals surface area contributed by atoms with Crippen molar-refractivity contribution in [1.82, 2.24) is 4.57 Å². The van der Waals surface area contributed by atoms with Crippen LogP contribution in [0.15, 0.2) is 98.9 Å². The van der Waals surface area contributed by atoms with Crippen LogP contribution in [0, 0.1) is 13.8 Å². The highest BCUT2D eigenvalue weighted by molar-refractivity contribution is 6.26. The number of benzene rings is 5. The normalized spacial score (nSPS) is 12.1. The van der Waals surface area contributed by atoms with Crippen LogP contribution >= 0.6 is 0 Å². The molecule has 7 aromatic rings. The van der Waals surface area contributed by atoms with Gasteiger partial charge in [-0.2, -0.15) is 0 Å². The van der Waals surface area contributed by atoms with Crippen molar-refractivity contribution in [1.29, 1.82) is 0 Å². The Kier molecular flexibility index (Phi) is 6.22. The number of rotatable bonds is 4. The van der Waals surface area contributed by atoms with Crippen molar-refractivity contribution in [3.8, 4) is 11.4 Å². The summed E-state index contributed by atoms with van der Waals surface area (Å²) >= 11 is 0. The molecule has 6 heteroatoms. The summed E-state index contributed by atoms with van der Waals surface area (Å²) in [5.74, 6) is 0.155. The van der Waals surface area contributed by atoms with Gasteiger partial charge in [0.25, 0.3) is 11.1 Å². The van der Waals surface area contributed by atoms with E-state index in [1.807, 2.05) is 50.2 Å². The smallest absolute Gasteiger partial charge is 0.315 e. The summed E-state index contributed by atoms with van der Waals surface area (Å²) in [6.45, 7) is 10.4. The van der Waals surface area contributed by atoms with E-state index in [9.17, 15) is 14.4 Å². The minimum absolute atomic E-state index is 0.0516. The fraction of sp³-hybridized carbons (Fsp3) is 0.184. The van der Waals surface area contributed by atoms with Crippen LogP contribution in [-0.2, 0) is 16.6 Å². The quantitative estimate of drug-likeness (QED) is 0.0914. The molecule has 44 heavy (non-hydrogen) atoms. The predicted molar refractivity (Wildman–Crippen MR) is 176 cm³/mol. The standard InChI is InChI=1S/C38H31NO5/c1-21-7-6-8-30(22(21)2)44-33(40)19-23-9-12-25(13-10-23)39-36(41)27-15-14-26-29-20-24(38(3,4)5)11-17-31(29)43-32-18-16-28(37(39)42)34(27)35(26)32/h6-18,20H,19H2,1-5H3. The second kappa shape index (κ2) is 9.91. The Morgan fingerprint density at radius 3 is 2.11 bits per heavy atom. The van der Waals surface area contributed by atoms with Crippen molar-refractivity contribution < 1.29 is 13.9 Å². The van der Waals surface area contributed by atoms with Crippen molar-refractivity contribution >= 4 is 49.5 Å². The Labute approximate surface area is 253 Å². The van der Waals surface area contributed by atoms with Gasteiger partial charge in [-0.15, -0.1) is 0 Å². The molecule has 0 aliphatic rings. The summed E-state index contributed by atoms with van der Waals surface area (Å²) in [5.41, 5.74) is 4.81. The molecule has 0 bridgehead atoms. The molecule has 0 spiro atoms. The van der Waals surface area contributed by atoms with Gasteiger partial charge in [-0.25, -0.2) is 4.57 Å². The monoisotopic (exact) mass is 581 g/mol. The average molecular weight is 582 g/mol. The van der Waals surface area contributed by atoms with E-state index in [4.69, 9.17) is 9.15 Å². The summed E-state index contributed by atoms with van der Waals surface area (Å²) in [7, 11) is 0. The van der Waals surface area contributed by atoms with Gasteiger partial charge >= 0.3 is 5.97 Å². The molecule has 0 unspecified atom stereocenters. The number of pyridine rings is 1. The van der Waals surface area contributed by atoms with E-state index >= 15 is 0 Å². The highest BCUT2D eigenvalue weighted by Crippen LogP contribution is 2.38. The second-order valence-electron chi connectivity index (χ2n) is 12.5. The molecule has 0 aliphatic heterocycles. The maximum atomic E-state index is 13.9. The zero-order valence-corrected chi connectivity index (χ0v) is 25.3. The Morgan fingerprint density at radius 1 is 0.750 bits per heavy atom. The Bertz CT molecular complexity index is 2360. The van der Waals surface area contributed by atoms with Crippen LogP contribution in [0.2, 0.25) is 0 Å². The first-order valence-electron chi connectivity index (χ1n) is 14.7. The summed E-state index contributed by atoms with van der Waals surface area (Å²) in [4.78, 5) is 40.4. The molecule has 0 saturated carbocycles. The third-order valence-corrected chi connectivity index (χ3v) is 8.67. The molecule has 6 nitrogen and oxygen atoms in total. The van der Waals surface area contributed by atoms with Gasteiger partial charge in [0, 0.05) is 26.9 Å². The summed E-state index contributed by atoms with van der Waals surface area (Å²) < 4.78 is 13.1. The lowest BCUT2D eigenvalue weighted by Crippen LogP contribution is -2.31. The minimum atomic E-state index is -0.400. The maximum absolute atomic E-state index is 13.9. The minimum Gasteiger partial charge on any atom is -0.456 e. The molecule has 218 valence electrons. The molecule has 0 fully saturated rings. The molecule has 2 heterocycles. The van der Waals surface area contributed by atoms with Crippen LogP contribution in [0.3, 0.4) is 0 Å². The Balaban J connectivity index is 1.30. The molecule has 0 aliphatic carbocycles. The van der Waals surface area contributed by atoms with Crippen LogP contribution in [0.5, 0.6) is 5.75 Å². The lowest BCUT2D eigenvalue weighted by Gasteiger charge is -2.20. The number of hydrogen-bond donors (Lipinski definition) is 0. The first-order chi connectivity index (χ1) is 21.0. The van der Waals surface area contributed by atoms with E-state index in [1.54, 1.807) is 36.4 Å². The van der Waals surface area contributed by atoms with Gasteiger partial charge in [0.1, 0.15) is 16.9 Å². The first-order valence-corrected chi connectivity index (χ1v) is 14.7. The number of nitrogens with zero attached hydrogens (tertiary/aromatic N) is 1. The van der Waals surface area contributed by atoms with Crippen LogP contribution < -0.4 is 15.9 Å². The van der Waals surface area contributed by atoms with Gasteiger partial charge in [0.2, 0.25) is 0 Å². The zero-order valence-electron chi connectivity index (χ0n) is 25.3. The maximum Gasteiger partial charge on any atom is 0.315 e. The molecule has 2 aromatic heterocycles. The van der Waals surface area contributed by atoms with Crippen LogP contribution in [-0.4, -0.2) is 10.5 Å². The number of hydrogen-bond acceptors (Lipinski definition) is 5. The highest BCUT2D eigenvalue weighted by Gasteiger charge is 2.21. The van der Waals surface area contributed by atoms with E-state index in [0.717, 1.165) is 32.9 Å². The molecule has 0 N–H and O–H groups in total. The van der Waals surface area contributed by atoms with Gasteiger partial charge in [-0.05, 0) is 95.4 Å². The largest absolute Gasteiger partial charge is 0.456 e. The number of aryl methyl sites for hydroxylation is 1. The molecule has 7 rings (SSSR count). The van der Waals surface area contributed by atoms with E-state index in [2.05, 4.69) is 32.9 Å². The van der Waals surface area contributed by atoms with E-state index < -0.39 is 11.1 Å². The van der Waals surface area contributed by atoms with Crippen molar-refractivity contribution in [2.45, 2.75) is 46.5 Å². The number of carbonyl (C=O) groups is 1. The predicted octanol–water partition coefficient (Wildman–Crippen LogP) is 7.90. The number of carbonyl (C=O) groups excluding carboxylic acids is 1. The number of esters is 1. The van der Waals surface area contributed by atoms with Crippen molar-refractivity contribution in [2.75, 3.05) is 0 Å². The lowest BCUT2D eigenvalue weighted by atomic mass is 9.85. The van der Waals surface area contributed by atoms with Gasteiger partial charge in [0.05, 0.1) is 12.1 Å². The summed E-state index contributed by atoms with van der Waals surface area (Å²) in [6.07, 6.45) is 0.0572. The molecule has 0 saturated heterocycles. The second-order valence-corrected chi connectivity index (χ2v) is 12.5. The Morgan fingerprint density at radius 2 is 1.41 bits per heavy atom. The van der Waals surface area contributed by atoms with E-state index in [1.165, 1.54) is 10.1 Å². The van der Waals surface area contributed by atoms with Gasteiger partial charge in [-0.1, -0.05) is 57.2 Å². The Hall–Kier alpha value is -5.23. The molecule has 0 radical (unpaired) electrons. The molecular weight excluding hydrogens is 550 g/mol. The van der Waals surface area contributed by atoms with Gasteiger partial charge in [0.15, 0.2) is 0 Å². The van der Waals surface area contributed by atoms with Crippen LogP contribution in [0.25, 0.3) is 49.2 Å². The number of aromatic nitrogens is 1. The van der Waals surface area contributed by atoms with E-state index in [-0.39, 0.29) is 17.8 Å². The topological polar surface area (TPSA) is 78.5 Å². The highest BCUT2D eigenvalue weighted by atomic mass is 16.5. The van der Waals surface area contributed by atoms with E-state index in [0.29, 0.717) is 38.7 Å². The van der Waals surface area contributed by atoms with Crippen molar-refractivity contribution in [3.05, 3.63) is 128 Å².